The van der Waals surface area contributed by atoms with E-state index < -0.39 is 23.8 Å². The molecule has 4 rings (SSSR count). The van der Waals surface area contributed by atoms with E-state index in [0.29, 0.717) is 33.5 Å². The molecule has 1 aromatic heterocycles. The maximum absolute atomic E-state index is 13.2. The summed E-state index contributed by atoms with van der Waals surface area (Å²) in [7, 11) is 0. The Balaban J connectivity index is 1.59. The Morgan fingerprint density at radius 2 is 1.75 bits per heavy atom. The Morgan fingerprint density at radius 1 is 1.12 bits per heavy atom. The minimum atomic E-state index is -0.918. The number of aromatic nitrogens is 1. The second kappa shape index (κ2) is 9.44. The Labute approximate surface area is 199 Å². The molecule has 1 aliphatic rings. The smallest absolute Gasteiger partial charge is 0.262 e. The zero-order valence-electron chi connectivity index (χ0n) is 17.4. The first-order valence-corrected chi connectivity index (χ1v) is 12.5. The van der Waals surface area contributed by atoms with Crippen LogP contribution in [0.15, 0.2) is 48.5 Å². The second-order valence-corrected chi connectivity index (χ2v) is 9.87. The summed E-state index contributed by atoms with van der Waals surface area (Å²) in [6, 6.07) is 13.0. The van der Waals surface area contributed by atoms with E-state index in [2.05, 4.69) is 10.3 Å². The van der Waals surface area contributed by atoms with Gasteiger partial charge >= 0.3 is 0 Å². The summed E-state index contributed by atoms with van der Waals surface area (Å²) in [6.07, 6.45) is 2.27. The number of thiazole rings is 1. The maximum atomic E-state index is 13.2. The summed E-state index contributed by atoms with van der Waals surface area (Å²) < 4.78 is 0. The molecule has 0 aliphatic carbocycles. The van der Waals surface area contributed by atoms with Crippen LogP contribution >= 0.6 is 34.7 Å². The van der Waals surface area contributed by atoms with Crippen molar-refractivity contribution in [2.24, 2.45) is 0 Å². The van der Waals surface area contributed by atoms with Gasteiger partial charge in [-0.1, -0.05) is 35.9 Å². The molecule has 0 fully saturated rings. The first-order valence-electron chi connectivity index (χ1n) is 9.90. The average Bonchev–Trinajstić information content (AvgIpc) is 3.27. The lowest BCUT2D eigenvalue weighted by atomic mass is 10.1. The largest absolute Gasteiger partial charge is 0.300 e. The summed E-state index contributed by atoms with van der Waals surface area (Å²) in [5.41, 5.74) is 2.30. The van der Waals surface area contributed by atoms with Crippen molar-refractivity contribution in [1.29, 1.82) is 0 Å². The predicted octanol–water partition coefficient (Wildman–Crippen LogP) is 5.13. The van der Waals surface area contributed by atoms with E-state index in [1.54, 1.807) is 48.2 Å². The lowest BCUT2D eigenvalue weighted by Gasteiger charge is -2.24. The van der Waals surface area contributed by atoms with E-state index >= 15 is 0 Å². The van der Waals surface area contributed by atoms with Gasteiger partial charge in [-0.05, 0) is 49.6 Å². The van der Waals surface area contributed by atoms with Crippen molar-refractivity contribution < 1.29 is 14.4 Å². The van der Waals surface area contributed by atoms with Gasteiger partial charge in [-0.3, -0.25) is 19.3 Å². The first-order chi connectivity index (χ1) is 15.4. The Hall–Kier alpha value is -2.68. The van der Waals surface area contributed by atoms with Crippen molar-refractivity contribution in [1.82, 2.24) is 9.88 Å². The molecule has 9 heteroatoms. The van der Waals surface area contributed by atoms with Crippen molar-refractivity contribution in [3.63, 3.8) is 0 Å². The van der Waals surface area contributed by atoms with Crippen molar-refractivity contribution >= 4 is 57.6 Å². The zero-order chi connectivity index (χ0) is 22.8. The minimum absolute atomic E-state index is 0.328. The quantitative estimate of drug-likeness (QED) is 0.469. The number of hydrogen-bond acceptors (Lipinski definition) is 6. The Kier molecular flexibility index (Phi) is 6.64. The van der Waals surface area contributed by atoms with Crippen molar-refractivity contribution in [3.8, 4) is 11.3 Å². The number of fused-ring (bicyclic) bond motifs is 1. The number of hydrogen-bond donors (Lipinski definition) is 1. The number of halogens is 1. The minimum Gasteiger partial charge on any atom is -0.300 e. The van der Waals surface area contributed by atoms with Crippen LogP contribution in [0.2, 0.25) is 5.02 Å². The molecule has 1 atom stereocenters. The van der Waals surface area contributed by atoms with E-state index in [9.17, 15) is 14.4 Å². The molecule has 32 heavy (non-hydrogen) atoms. The Morgan fingerprint density at radius 3 is 2.34 bits per heavy atom. The standard InChI is InChI=1S/C23H20ClN3O3S2/c1-13-19(14-7-9-15(24)10-8-14)25-23(32-13)26-20(28)18(11-12-31-2)27-21(29)16-5-3-4-6-17(16)22(27)30/h3-10,18H,11-12H2,1-2H3,(H,25,26,28). The van der Waals surface area contributed by atoms with Gasteiger partial charge in [0.05, 0.1) is 16.8 Å². The van der Waals surface area contributed by atoms with Crippen molar-refractivity contribution in [2.75, 3.05) is 17.3 Å². The summed E-state index contributed by atoms with van der Waals surface area (Å²) in [5.74, 6) is -0.684. The van der Waals surface area contributed by atoms with Crippen LogP contribution in [0.1, 0.15) is 32.0 Å². The van der Waals surface area contributed by atoms with Crippen LogP contribution in [-0.4, -0.2) is 45.7 Å². The molecular formula is C23H20ClN3O3S2. The van der Waals surface area contributed by atoms with Gasteiger partial charge in [0.15, 0.2) is 5.13 Å². The molecule has 3 amide bonds. The molecule has 1 N–H and O–H groups in total. The van der Waals surface area contributed by atoms with Crippen LogP contribution in [0.3, 0.4) is 0 Å². The predicted molar refractivity (Wildman–Crippen MR) is 130 cm³/mol. The van der Waals surface area contributed by atoms with E-state index in [-0.39, 0.29) is 0 Å². The van der Waals surface area contributed by atoms with Gasteiger partial charge < -0.3 is 5.32 Å². The molecule has 6 nitrogen and oxygen atoms in total. The highest BCUT2D eigenvalue weighted by Crippen LogP contribution is 2.32. The summed E-state index contributed by atoms with van der Waals surface area (Å²) in [6.45, 7) is 1.92. The van der Waals surface area contributed by atoms with E-state index in [1.165, 1.54) is 11.3 Å². The highest BCUT2D eigenvalue weighted by Gasteiger charge is 2.42. The van der Waals surface area contributed by atoms with Gasteiger partial charge in [-0.25, -0.2) is 4.98 Å². The number of imide groups is 1. The second-order valence-electron chi connectivity index (χ2n) is 7.24. The number of anilines is 1. The summed E-state index contributed by atoms with van der Waals surface area (Å²) in [4.78, 5) is 45.7. The monoisotopic (exact) mass is 485 g/mol. The number of nitrogens with one attached hydrogen (secondary N) is 1. The molecule has 0 radical (unpaired) electrons. The van der Waals surface area contributed by atoms with Crippen molar-refractivity contribution in [2.45, 2.75) is 19.4 Å². The number of rotatable bonds is 7. The fourth-order valence-corrected chi connectivity index (χ4v) is 5.04. The third-order valence-electron chi connectivity index (χ3n) is 5.18. The molecule has 0 saturated heterocycles. The van der Waals surface area contributed by atoms with E-state index in [4.69, 9.17) is 11.6 Å². The SMILES string of the molecule is CSCCC(C(=O)Nc1nc(-c2ccc(Cl)cc2)c(C)s1)N1C(=O)c2ccccc2C1=O. The fraction of sp³-hybridized carbons (Fsp3) is 0.217. The highest BCUT2D eigenvalue weighted by molar-refractivity contribution is 7.98. The summed E-state index contributed by atoms with van der Waals surface area (Å²) >= 11 is 8.87. The van der Waals surface area contributed by atoms with Crippen LogP contribution in [0.4, 0.5) is 5.13 Å². The number of aryl methyl sites for hydroxylation is 1. The number of carbonyl (C=O) groups excluding carboxylic acids is 3. The van der Waals surface area contributed by atoms with E-state index in [0.717, 1.165) is 21.0 Å². The van der Waals surface area contributed by atoms with Gasteiger partial charge in [0.1, 0.15) is 6.04 Å². The van der Waals surface area contributed by atoms with Crippen LogP contribution in [0.5, 0.6) is 0 Å². The molecule has 3 aromatic rings. The topological polar surface area (TPSA) is 79.4 Å². The van der Waals surface area contributed by atoms with Crippen LogP contribution in [0.25, 0.3) is 11.3 Å². The van der Waals surface area contributed by atoms with Crippen molar-refractivity contribution in [3.05, 3.63) is 69.6 Å². The molecule has 0 spiro atoms. The number of benzene rings is 2. The molecular weight excluding hydrogens is 466 g/mol. The molecule has 1 unspecified atom stereocenters. The number of amides is 3. The zero-order valence-corrected chi connectivity index (χ0v) is 19.8. The van der Waals surface area contributed by atoms with Gasteiger partial charge in [-0.2, -0.15) is 11.8 Å². The van der Waals surface area contributed by atoms with E-state index in [1.807, 2.05) is 25.3 Å². The molecule has 2 heterocycles. The first kappa shape index (κ1) is 22.5. The summed E-state index contributed by atoms with van der Waals surface area (Å²) in [5, 5.41) is 3.88. The van der Waals surface area contributed by atoms with Gasteiger partial charge in [0, 0.05) is 15.5 Å². The average molecular weight is 486 g/mol. The number of thioether (sulfide) groups is 1. The number of carbonyl (C=O) groups is 3. The molecule has 0 bridgehead atoms. The third-order valence-corrected chi connectivity index (χ3v) is 6.96. The normalized spacial score (nSPS) is 13.9. The molecule has 0 saturated carbocycles. The Bertz CT molecular complexity index is 1160. The van der Waals surface area contributed by atoms with Crippen LogP contribution in [0, 0.1) is 6.92 Å². The lowest BCUT2D eigenvalue weighted by molar-refractivity contribution is -0.120. The maximum Gasteiger partial charge on any atom is 0.262 e. The highest BCUT2D eigenvalue weighted by atomic mass is 35.5. The molecule has 164 valence electrons. The molecule has 2 aromatic carbocycles. The number of nitrogens with zero attached hydrogens (tertiary/aromatic N) is 2. The third kappa shape index (κ3) is 4.30. The molecule has 1 aliphatic heterocycles. The van der Waals surface area contributed by atoms with Crippen LogP contribution in [-0.2, 0) is 4.79 Å². The van der Waals surface area contributed by atoms with Gasteiger partial charge in [0.2, 0.25) is 5.91 Å². The van der Waals surface area contributed by atoms with Crippen LogP contribution < -0.4 is 5.32 Å². The lowest BCUT2D eigenvalue weighted by Crippen LogP contribution is -2.47. The van der Waals surface area contributed by atoms with Gasteiger partial charge in [-0.15, -0.1) is 11.3 Å². The van der Waals surface area contributed by atoms with Gasteiger partial charge in [0.25, 0.3) is 11.8 Å². The fourth-order valence-electron chi connectivity index (χ4n) is 3.61.